The number of hydrogen-bond donors (Lipinski definition) is 3. The summed E-state index contributed by atoms with van der Waals surface area (Å²) in [6, 6.07) is 6.12. The van der Waals surface area contributed by atoms with Crippen LogP contribution in [0.5, 0.6) is 0 Å². The minimum atomic E-state index is -0.510. The molecular formula is C11H12N4O3. The van der Waals surface area contributed by atoms with Gasteiger partial charge in [0.1, 0.15) is 13.1 Å². The van der Waals surface area contributed by atoms with Gasteiger partial charge < -0.3 is 16.0 Å². The van der Waals surface area contributed by atoms with Crippen molar-refractivity contribution < 1.29 is 14.4 Å². The van der Waals surface area contributed by atoms with Gasteiger partial charge in [0.15, 0.2) is 0 Å². The summed E-state index contributed by atoms with van der Waals surface area (Å²) < 4.78 is 0. The van der Waals surface area contributed by atoms with Crippen molar-refractivity contribution in [1.82, 2.24) is 10.2 Å². The van der Waals surface area contributed by atoms with Crippen molar-refractivity contribution >= 4 is 29.2 Å². The van der Waals surface area contributed by atoms with E-state index in [2.05, 4.69) is 10.6 Å². The van der Waals surface area contributed by atoms with Gasteiger partial charge in [0.2, 0.25) is 11.8 Å². The minimum Gasteiger partial charge on any atom is -0.399 e. The van der Waals surface area contributed by atoms with Crippen LogP contribution in [-0.2, 0) is 9.59 Å². The van der Waals surface area contributed by atoms with Crippen molar-refractivity contribution in [3.63, 3.8) is 0 Å². The van der Waals surface area contributed by atoms with E-state index in [1.807, 2.05) is 0 Å². The zero-order valence-electron chi connectivity index (χ0n) is 9.47. The molecule has 94 valence electrons. The summed E-state index contributed by atoms with van der Waals surface area (Å²) >= 11 is 0. The van der Waals surface area contributed by atoms with Crippen molar-refractivity contribution in [3.8, 4) is 0 Å². The summed E-state index contributed by atoms with van der Waals surface area (Å²) in [4.78, 5) is 35.2. The lowest BCUT2D eigenvalue weighted by molar-refractivity contribution is -0.134. The Labute approximate surface area is 103 Å². The van der Waals surface area contributed by atoms with Gasteiger partial charge in [-0.3, -0.25) is 14.9 Å². The van der Waals surface area contributed by atoms with Gasteiger partial charge in [-0.25, -0.2) is 4.79 Å². The first-order valence-corrected chi connectivity index (χ1v) is 5.29. The Balaban J connectivity index is 2.03. The maximum absolute atomic E-state index is 11.8. The van der Waals surface area contributed by atoms with Gasteiger partial charge in [0, 0.05) is 11.4 Å². The summed E-state index contributed by atoms with van der Waals surface area (Å²) in [5, 5.41) is 4.69. The summed E-state index contributed by atoms with van der Waals surface area (Å²) in [6.45, 7) is -0.278. The van der Waals surface area contributed by atoms with Crippen LogP contribution in [0.25, 0.3) is 0 Å². The van der Waals surface area contributed by atoms with E-state index in [0.717, 1.165) is 4.90 Å². The van der Waals surface area contributed by atoms with Crippen molar-refractivity contribution in [1.29, 1.82) is 0 Å². The van der Waals surface area contributed by atoms with E-state index < -0.39 is 17.8 Å². The number of rotatable bonds is 1. The molecule has 0 radical (unpaired) electrons. The molecule has 18 heavy (non-hydrogen) atoms. The molecule has 1 aliphatic heterocycles. The molecule has 1 saturated heterocycles. The summed E-state index contributed by atoms with van der Waals surface area (Å²) in [6.07, 6.45) is 0. The van der Waals surface area contributed by atoms with Gasteiger partial charge in [-0.05, 0) is 18.2 Å². The Hall–Kier alpha value is -2.57. The zero-order chi connectivity index (χ0) is 13.1. The number of hydrogen-bond acceptors (Lipinski definition) is 4. The highest BCUT2D eigenvalue weighted by molar-refractivity contribution is 6.04. The molecule has 1 fully saturated rings. The molecule has 2 rings (SSSR count). The van der Waals surface area contributed by atoms with E-state index in [1.165, 1.54) is 0 Å². The highest BCUT2D eigenvalue weighted by atomic mass is 16.2. The standard InChI is InChI=1S/C11H12N4O3/c12-7-2-1-3-8(4-7)13-11(18)15-5-9(16)14-10(17)6-15/h1-4H,5-6,12H2,(H,13,18)(H,14,16,17). The first-order chi connectivity index (χ1) is 8.54. The SMILES string of the molecule is Nc1cccc(NC(=O)N2CC(=O)NC(=O)C2)c1. The van der Waals surface area contributed by atoms with Crippen LogP contribution in [0.15, 0.2) is 24.3 Å². The molecule has 0 atom stereocenters. The van der Waals surface area contributed by atoms with Crippen LogP contribution in [0.4, 0.5) is 16.2 Å². The number of imide groups is 1. The van der Waals surface area contributed by atoms with Crippen LogP contribution in [0, 0.1) is 0 Å². The van der Waals surface area contributed by atoms with Crippen molar-refractivity contribution in [3.05, 3.63) is 24.3 Å². The van der Waals surface area contributed by atoms with Crippen molar-refractivity contribution in [2.75, 3.05) is 24.1 Å². The average Bonchev–Trinajstić information content (AvgIpc) is 2.27. The van der Waals surface area contributed by atoms with Crippen molar-refractivity contribution in [2.24, 2.45) is 0 Å². The third-order valence-electron chi connectivity index (χ3n) is 2.37. The molecule has 0 spiro atoms. The Morgan fingerprint density at radius 2 is 1.94 bits per heavy atom. The highest BCUT2D eigenvalue weighted by Gasteiger charge is 2.26. The number of carbonyl (C=O) groups excluding carboxylic acids is 3. The van der Waals surface area contributed by atoms with Gasteiger partial charge in [-0.2, -0.15) is 0 Å². The molecule has 0 unspecified atom stereocenters. The zero-order valence-corrected chi connectivity index (χ0v) is 9.47. The van der Waals surface area contributed by atoms with Crippen LogP contribution in [0.2, 0.25) is 0 Å². The molecule has 0 aromatic heterocycles. The lowest BCUT2D eigenvalue weighted by Gasteiger charge is -2.25. The number of urea groups is 1. The lowest BCUT2D eigenvalue weighted by atomic mass is 10.3. The third-order valence-corrected chi connectivity index (χ3v) is 2.37. The number of nitrogens with one attached hydrogen (secondary N) is 2. The van der Waals surface area contributed by atoms with E-state index in [4.69, 9.17) is 5.73 Å². The van der Waals surface area contributed by atoms with Crippen LogP contribution in [0.3, 0.4) is 0 Å². The number of carbonyl (C=O) groups is 3. The number of nitrogens with two attached hydrogens (primary N) is 1. The van der Waals surface area contributed by atoms with Gasteiger partial charge >= 0.3 is 6.03 Å². The van der Waals surface area contributed by atoms with Gasteiger partial charge in [0.25, 0.3) is 0 Å². The Morgan fingerprint density at radius 3 is 2.56 bits per heavy atom. The summed E-state index contributed by atoms with van der Waals surface area (Å²) in [5.41, 5.74) is 6.60. The molecule has 0 saturated carbocycles. The molecule has 4 amide bonds. The fourth-order valence-corrected chi connectivity index (χ4v) is 1.60. The van der Waals surface area contributed by atoms with E-state index in [0.29, 0.717) is 11.4 Å². The number of nitrogen functional groups attached to an aromatic ring is 1. The van der Waals surface area contributed by atoms with Crippen LogP contribution in [0.1, 0.15) is 0 Å². The molecule has 7 nitrogen and oxygen atoms in total. The molecule has 7 heteroatoms. The maximum atomic E-state index is 11.8. The second-order valence-electron chi connectivity index (χ2n) is 3.88. The number of anilines is 2. The van der Waals surface area contributed by atoms with Gasteiger partial charge in [0.05, 0.1) is 0 Å². The van der Waals surface area contributed by atoms with Gasteiger partial charge in [-0.15, -0.1) is 0 Å². The molecule has 0 bridgehead atoms. The Kier molecular flexibility index (Phi) is 3.13. The Morgan fingerprint density at radius 1 is 1.28 bits per heavy atom. The third kappa shape index (κ3) is 2.76. The van der Waals surface area contributed by atoms with Gasteiger partial charge in [-0.1, -0.05) is 6.07 Å². The molecule has 1 aromatic rings. The normalized spacial score (nSPS) is 15.2. The topological polar surface area (TPSA) is 105 Å². The molecule has 1 aromatic carbocycles. The van der Waals surface area contributed by atoms with Crippen molar-refractivity contribution in [2.45, 2.75) is 0 Å². The van der Waals surface area contributed by atoms with E-state index in [9.17, 15) is 14.4 Å². The van der Waals surface area contributed by atoms with E-state index in [-0.39, 0.29) is 13.1 Å². The van der Waals surface area contributed by atoms with E-state index >= 15 is 0 Å². The first kappa shape index (κ1) is 11.9. The second kappa shape index (κ2) is 4.74. The second-order valence-corrected chi connectivity index (χ2v) is 3.88. The number of amides is 4. The molecule has 1 aliphatic rings. The Bertz CT molecular complexity index is 499. The predicted octanol–water partition coefficient (Wildman–Crippen LogP) is -0.241. The molecule has 0 aliphatic carbocycles. The maximum Gasteiger partial charge on any atom is 0.322 e. The molecular weight excluding hydrogens is 236 g/mol. The number of piperazine rings is 1. The smallest absolute Gasteiger partial charge is 0.322 e. The largest absolute Gasteiger partial charge is 0.399 e. The number of benzene rings is 1. The minimum absolute atomic E-state index is 0.139. The fourth-order valence-electron chi connectivity index (χ4n) is 1.60. The van der Waals surface area contributed by atoms with E-state index in [1.54, 1.807) is 24.3 Å². The van der Waals surface area contributed by atoms with Crippen LogP contribution in [-0.4, -0.2) is 35.8 Å². The highest BCUT2D eigenvalue weighted by Crippen LogP contribution is 2.12. The van der Waals surface area contributed by atoms with Crippen LogP contribution >= 0.6 is 0 Å². The van der Waals surface area contributed by atoms with Crippen LogP contribution < -0.4 is 16.4 Å². The quantitative estimate of drug-likeness (QED) is 0.471. The average molecular weight is 248 g/mol. The molecule has 4 N–H and O–H groups in total. The molecule has 1 heterocycles. The first-order valence-electron chi connectivity index (χ1n) is 5.29. The summed E-state index contributed by atoms with van der Waals surface area (Å²) in [5.74, 6) is -0.983. The lowest BCUT2D eigenvalue weighted by Crippen LogP contribution is -2.54. The fraction of sp³-hybridized carbons (Fsp3) is 0.182. The monoisotopic (exact) mass is 248 g/mol. The number of nitrogens with zero attached hydrogens (tertiary/aromatic N) is 1. The summed E-state index contributed by atoms with van der Waals surface area (Å²) in [7, 11) is 0. The predicted molar refractivity (Wildman–Crippen MR) is 64.6 cm³/mol.